The van der Waals surface area contributed by atoms with Crippen LogP contribution in [0.1, 0.15) is 11.4 Å². The molecule has 0 spiro atoms. The number of amides is 2. The predicted octanol–water partition coefficient (Wildman–Crippen LogP) is 4.25. The third-order valence-electron chi connectivity index (χ3n) is 4.60. The van der Waals surface area contributed by atoms with Crippen LogP contribution in [0.4, 0.5) is 15.6 Å². The number of halogens is 1. The van der Waals surface area contributed by atoms with Gasteiger partial charge in [0.15, 0.2) is 0 Å². The fraction of sp³-hybridized carbons (Fsp3) is 0.250. The summed E-state index contributed by atoms with van der Waals surface area (Å²) in [7, 11) is 0. The van der Waals surface area contributed by atoms with Gasteiger partial charge >= 0.3 is 6.03 Å². The van der Waals surface area contributed by atoms with Crippen molar-refractivity contribution in [3.8, 4) is 0 Å². The van der Waals surface area contributed by atoms with Gasteiger partial charge in [-0.25, -0.2) is 9.78 Å². The maximum absolute atomic E-state index is 12.5. The fourth-order valence-electron chi connectivity index (χ4n) is 3.06. The van der Waals surface area contributed by atoms with Gasteiger partial charge in [0.25, 0.3) is 0 Å². The highest BCUT2D eigenvalue weighted by molar-refractivity contribution is 9.10. The van der Waals surface area contributed by atoms with Crippen LogP contribution >= 0.6 is 27.5 Å². The van der Waals surface area contributed by atoms with E-state index < -0.39 is 0 Å². The van der Waals surface area contributed by atoms with Crippen LogP contribution in [0, 0.1) is 0 Å². The third-order valence-corrected chi connectivity index (χ3v) is 5.94. The first kappa shape index (κ1) is 18.9. The van der Waals surface area contributed by atoms with E-state index in [2.05, 4.69) is 47.6 Å². The first-order valence-corrected chi connectivity index (χ1v) is 10.7. The molecule has 1 aromatic heterocycles. The molecule has 6 nitrogen and oxygen atoms in total. The van der Waals surface area contributed by atoms with Gasteiger partial charge in [-0.1, -0.05) is 46.3 Å². The van der Waals surface area contributed by atoms with Gasteiger partial charge in [-0.2, -0.15) is 4.37 Å². The summed E-state index contributed by atoms with van der Waals surface area (Å²) in [6, 6.07) is 17.8. The van der Waals surface area contributed by atoms with Crippen LogP contribution in [-0.4, -0.2) is 46.5 Å². The monoisotopic (exact) mass is 457 g/mol. The van der Waals surface area contributed by atoms with Crippen LogP contribution < -0.4 is 10.2 Å². The van der Waals surface area contributed by atoms with Crippen LogP contribution in [0.15, 0.2) is 59.1 Å². The Kier molecular flexibility index (Phi) is 5.87. The van der Waals surface area contributed by atoms with E-state index in [1.165, 1.54) is 17.1 Å². The van der Waals surface area contributed by atoms with Crippen molar-refractivity contribution in [2.45, 2.75) is 6.42 Å². The molecule has 0 bridgehead atoms. The Morgan fingerprint density at radius 3 is 2.46 bits per heavy atom. The van der Waals surface area contributed by atoms with E-state index in [0.717, 1.165) is 40.6 Å². The van der Waals surface area contributed by atoms with Crippen molar-refractivity contribution in [1.29, 1.82) is 0 Å². The molecular weight excluding hydrogens is 438 g/mol. The number of hydrogen-bond acceptors (Lipinski definition) is 5. The molecule has 2 heterocycles. The summed E-state index contributed by atoms with van der Waals surface area (Å²) in [5, 5.41) is 3.88. The number of benzene rings is 2. The molecule has 8 heteroatoms. The Morgan fingerprint density at radius 1 is 1.04 bits per heavy atom. The summed E-state index contributed by atoms with van der Waals surface area (Å²) < 4.78 is 5.48. The molecule has 0 atom stereocenters. The quantitative estimate of drug-likeness (QED) is 0.635. The highest BCUT2D eigenvalue weighted by Gasteiger charge is 2.23. The van der Waals surface area contributed by atoms with Gasteiger partial charge in [0, 0.05) is 54.3 Å². The van der Waals surface area contributed by atoms with E-state index in [0.29, 0.717) is 13.1 Å². The number of carbonyl (C=O) groups is 1. The summed E-state index contributed by atoms with van der Waals surface area (Å²) in [4.78, 5) is 21.2. The molecule has 1 fully saturated rings. The number of nitrogens with one attached hydrogen (secondary N) is 1. The van der Waals surface area contributed by atoms with Gasteiger partial charge in [-0.15, -0.1) is 0 Å². The van der Waals surface area contributed by atoms with Crippen molar-refractivity contribution in [2.75, 3.05) is 36.4 Å². The van der Waals surface area contributed by atoms with E-state index in [4.69, 9.17) is 0 Å². The predicted molar refractivity (Wildman–Crippen MR) is 116 cm³/mol. The zero-order valence-electron chi connectivity index (χ0n) is 15.2. The zero-order chi connectivity index (χ0) is 19.3. The fourth-order valence-corrected chi connectivity index (χ4v) is 4.06. The first-order chi connectivity index (χ1) is 13.7. The van der Waals surface area contributed by atoms with Gasteiger partial charge < -0.3 is 15.1 Å². The summed E-state index contributed by atoms with van der Waals surface area (Å²) >= 11 is 4.83. The molecule has 1 saturated heterocycles. The lowest BCUT2D eigenvalue weighted by Crippen LogP contribution is -2.50. The molecule has 2 amide bonds. The molecular formula is C20H20BrN5OS. The van der Waals surface area contributed by atoms with E-state index in [1.807, 2.05) is 47.4 Å². The minimum atomic E-state index is -0.0657. The lowest BCUT2D eigenvalue weighted by Gasteiger charge is -2.34. The van der Waals surface area contributed by atoms with Gasteiger partial charge in [-0.3, -0.25) is 0 Å². The standard InChI is InChI=1S/C20H20BrN5OS/c21-16-6-8-17(9-7-16)22-19(27)25-10-12-26(13-11-25)20-23-18(24-28-20)14-15-4-2-1-3-5-15/h1-9H,10-14H2,(H,22,27). The van der Waals surface area contributed by atoms with Crippen LogP contribution in [0.3, 0.4) is 0 Å². The van der Waals surface area contributed by atoms with E-state index in [-0.39, 0.29) is 6.03 Å². The van der Waals surface area contributed by atoms with Crippen molar-refractivity contribution in [3.05, 3.63) is 70.5 Å². The molecule has 0 saturated carbocycles. The van der Waals surface area contributed by atoms with E-state index in [1.54, 1.807) is 0 Å². The lowest BCUT2D eigenvalue weighted by molar-refractivity contribution is 0.208. The average molecular weight is 458 g/mol. The van der Waals surface area contributed by atoms with Crippen LogP contribution in [0.2, 0.25) is 0 Å². The Hall–Kier alpha value is -2.45. The maximum Gasteiger partial charge on any atom is 0.321 e. The number of piperazine rings is 1. The summed E-state index contributed by atoms with van der Waals surface area (Å²) in [6.07, 6.45) is 0.743. The normalized spacial score (nSPS) is 14.2. The number of aromatic nitrogens is 2. The molecule has 0 radical (unpaired) electrons. The van der Waals surface area contributed by atoms with Gasteiger partial charge in [0.2, 0.25) is 5.13 Å². The van der Waals surface area contributed by atoms with Crippen LogP contribution in [0.25, 0.3) is 0 Å². The average Bonchev–Trinajstić information content (AvgIpc) is 3.19. The Morgan fingerprint density at radius 2 is 1.75 bits per heavy atom. The second-order valence-electron chi connectivity index (χ2n) is 6.57. The number of carbonyl (C=O) groups excluding carboxylic acids is 1. The smallest absolute Gasteiger partial charge is 0.321 e. The minimum Gasteiger partial charge on any atom is -0.343 e. The summed E-state index contributed by atoms with van der Waals surface area (Å²) in [6.45, 7) is 2.84. The molecule has 144 valence electrons. The van der Waals surface area contributed by atoms with Gasteiger partial charge in [0.1, 0.15) is 5.82 Å². The molecule has 1 aliphatic heterocycles. The molecule has 28 heavy (non-hydrogen) atoms. The zero-order valence-corrected chi connectivity index (χ0v) is 17.6. The number of urea groups is 1. The van der Waals surface area contributed by atoms with Crippen LogP contribution in [0.5, 0.6) is 0 Å². The number of nitrogens with zero attached hydrogens (tertiary/aromatic N) is 4. The first-order valence-electron chi connectivity index (χ1n) is 9.10. The van der Waals surface area contributed by atoms with Crippen molar-refractivity contribution in [3.63, 3.8) is 0 Å². The van der Waals surface area contributed by atoms with E-state index >= 15 is 0 Å². The molecule has 1 aliphatic rings. The minimum absolute atomic E-state index is 0.0657. The Balaban J connectivity index is 1.30. The van der Waals surface area contributed by atoms with E-state index in [9.17, 15) is 4.79 Å². The summed E-state index contributed by atoms with van der Waals surface area (Å²) in [5.41, 5.74) is 2.01. The van der Waals surface area contributed by atoms with Crippen molar-refractivity contribution >= 4 is 44.3 Å². The highest BCUT2D eigenvalue weighted by atomic mass is 79.9. The Bertz CT molecular complexity index is 923. The van der Waals surface area contributed by atoms with Crippen molar-refractivity contribution < 1.29 is 4.79 Å². The van der Waals surface area contributed by atoms with Gasteiger partial charge in [-0.05, 0) is 29.8 Å². The van der Waals surface area contributed by atoms with Gasteiger partial charge in [0.05, 0.1) is 0 Å². The molecule has 2 aromatic carbocycles. The highest BCUT2D eigenvalue weighted by Crippen LogP contribution is 2.21. The Labute approximate surface area is 176 Å². The lowest BCUT2D eigenvalue weighted by atomic mass is 10.1. The third kappa shape index (κ3) is 4.69. The number of anilines is 2. The number of rotatable bonds is 4. The topological polar surface area (TPSA) is 61.4 Å². The SMILES string of the molecule is O=C(Nc1ccc(Br)cc1)N1CCN(c2nc(Cc3ccccc3)ns2)CC1. The molecule has 3 aromatic rings. The second kappa shape index (κ2) is 8.70. The van der Waals surface area contributed by atoms with Crippen LogP contribution in [-0.2, 0) is 6.42 Å². The summed E-state index contributed by atoms with van der Waals surface area (Å²) in [5.74, 6) is 0.849. The molecule has 0 unspecified atom stereocenters. The largest absolute Gasteiger partial charge is 0.343 e. The van der Waals surface area contributed by atoms with Crippen molar-refractivity contribution in [2.24, 2.45) is 0 Å². The van der Waals surface area contributed by atoms with Crippen molar-refractivity contribution in [1.82, 2.24) is 14.3 Å². The molecule has 4 rings (SSSR count). The molecule has 0 aliphatic carbocycles. The number of hydrogen-bond donors (Lipinski definition) is 1. The second-order valence-corrected chi connectivity index (χ2v) is 8.21. The maximum atomic E-state index is 12.5. The molecule has 1 N–H and O–H groups in total.